The van der Waals surface area contributed by atoms with Crippen molar-refractivity contribution in [1.29, 1.82) is 0 Å². The van der Waals surface area contributed by atoms with Crippen molar-refractivity contribution < 1.29 is 14.4 Å². The van der Waals surface area contributed by atoms with Crippen LogP contribution in [0.4, 0.5) is 0 Å². The summed E-state index contributed by atoms with van der Waals surface area (Å²) in [4.78, 5) is 37.9. The van der Waals surface area contributed by atoms with Gasteiger partial charge in [0.2, 0.25) is 17.7 Å². The smallest absolute Gasteiger partial charge is 0.241 e. The first kappa shape index (κ1) is 19.7. The normalized spacial score (nSPS) is 21.2. The van der Waals surface area contributed by atoms with E-state index in [-0.39, 0.29) is 30.2 Å². The third-order valence-corrected chi connectivity index (χ3v) is 5.28. The third kappa shape index (κ3) is 6.65. The second kappa shape index (κ2) is 10.4. The fraction of sp³-hybridized carbons (Fsp3) is 0.833. The molecule has 0 aromatic carbocycles. The number of hydrogen-bond acceptors (Lipinski definition) is 4. The molecule has 25 heavy (non-hydrogen) atoms. The number of rotatable bonds is 8. The van der Waals surface area contributed by atoms with E-state index < -0.39 is 0 Å². The molecule has 7 nitrogen and oxygen atoms in total. The van der Waals surface area contributed by atoms with E-state index in [1.807, 2.05) is 0 Å². The van der Waals surface area contributed by atoms with Crippen molar-refractivity contribution in [3.63, 3.8) is 0 Å². The molecule has 4 N–H and O–H groups in total. The van der Waals surface area contributed by atoms with E-state index in [4.69, 9.17) is 5.73 Å². The van der Waals surface area contributed by atoms with Gasteiger partial charge < -0.3 is 21.3 Å². The summed E-state index contributed by atoms with van der Waals surface area (Å²) in [6.45, 7) is 1.97. The largest absolute Gasteiger partial charge is 0.355 e. The molecule has 0 spiro atoms. The maximum atomic E-state index is 12.3. The molecule has 0 radical (unpaired) electrons. The number of piperidine rings is 1. The van der Waals surface area contributed by atoms with Gasteiger partial charge in [0.05, 0.1) is 12.5 Å². The quantitative estimate of drug-likeness (QED) is 0.587. The van der Waals surface area contributed by atoms with Gasteiger partial charge in [-0.15, -0.1) is 0 Å². The van der Waals surface area contributed by atoms with Gasteiger partial charge in [0, 0.05) is 32.6 Å². The molecule has 0 bridgehead atoms. The van der Waals surface area contributed by atoms with E-state index in [9.17, 15) is 14.4 Å². The van der Waals surface area contributed by atoms with Crippen LogP contribution in [-0.2, 0) is 14.4 Å². The minimum atomic E-state index is -0.178. The minimum Gasteiger partial charge on any atom is -0.355 e. The second-order valence-electron chi connectivity index (χ2n) is 7.22. The van der Waals surface area contributed by atoms with Crippen LogP contribution in [0.15, 0.2) is 0 Å². The number of nitrogens with two attached hydrogens (primary N) is 1. The van der Waals surface area contributed by atoms with E-state index in [1.54, 1.807) is 4.90 Å². The average Bonchev–Trinajstić information content (AvgIpc) is 3.16. The SMILES string of the molecule is NCCNC(=O)C1CCCN(C(=O)CNC(=O)CCC2CCCC2)C1. The van der Waals surface area contributed by atoms with Crippen molar-refractivity contribution in [2.24, 2.45) is 17.6 Å². The van der Waals surface area contributed by atoms with Gasteiger partial charge in [-0.1, -0.05) is 25.7 Å². The first-order valence-electron chi connectivity index (χ1n) is 9.62. The summed E-state index contributed by atoms with van der Waals surface area (Å²) in [5, 5.41) is 5.52. The lowest BCUT2D eigenvalue weighted by Crippen LogP contribution is -2.48. The van der Waals surface area contributed by atoms with Crippen molar-refractivity contribution in [2.75, 3.05) is 32.7 Å². The standard InChI is InChI=1S/C18H32N4O3/c19-9-10-20-18(25)15-6-3-11-22(13-15)17(24)12-21-16(23)8-7-14-4-1-2-5-14/h14-15H,1-13,19H2,(H,20,25)(H,21,23). The lowest BCUT2D eigenvalue weighted by atomic mass is 9.97. The third-order valence-electron chi connectivity index (χ3n) is 5.28. The average molecular weight is 352 g/mol. The molecule has 1 heterocycles. The molecule has 2 aliphatic rings. The van der Waals surface area contributed by atoms with E-state index in [2.05, 4.69) is 10.6 Å². The summed E-state index contributed by atoms with van der Waals surface area (Å²) in [5.41, 5.74) is 5.39. The maximum absolute atomic E-state index is 12.3. The van der Waals surface area contributed by atoms with Gasteiger partial charge in [0.25, 0.3) is 0 Å². The Morgan fingerprint density at radius 2 is 1.80 bits per heavy atom. The highest BCUT2D eigenvalue weighted by Gasteiger charge is 2.28. The van der Waals surface area contributed by atoms with E-state index in [0.717, 1.165) is 19.3 Å². The van der Waals surface area contributed by atoms with Crippen molar-refractivity contribution in [1.82, 2.24) is 15.5 Å². The number of nitrogens with one attached hydrogen (secondary N) is 2. The molecule has 3 amide bonds. The van der Waals surface area contributed by atoms with Crippen LogP contribution >= 0.6 is 0 Å². The number of carbonyl (C=O) groups excluding carboxylic acids is 3. The Labute approximate surface area is 150 Å². The molecule has 142 valence electrons. The summed E-state index contributed by atoms with van der Waals surface area (Å²) >= 11 is 0. The Morgan fingerprint density at radius 1 is 1.04 bits per heavy atom. The number of hydrogen-bond donors (Lipinski definition) is 3. The highest BCUT2D eigenvalue weighted by Crippen LogP contribution is 2.28. The Hall–Kier alpha value is -1.63. The van der Waals surface area contributed by atoms with Gasteiger partial charge in [-0.25, -0.2) is 0 Å². The molecule has 1 atom stereocenters. The minimum absolute atomic E-state index is 0.0284. The topological polar surface area (TPSA) is 105 Å². The molecule has 1 saturated carbocycles. The van der Waals surface area contributed by atoms with Crippen LogP contribution in [0.5, 0.6) is 0 Å². The molecule has 1 aliphatic heterocycles. The van der Waals surface area contributed by atoms with E-state index in [1.165, 1.54) is 25.7 Å². The summed E-state index contributed by atoms with van der Waals surface area (Å²) in [7, 11) is 0. The highest BCUT2D eigenvalue weighted by molar-refractivity contribution is 5.85. The molecule has 0 aromatic heterocycles. The zero-order valence-electron chi connectivity index (χ0n) is 15.1. The van der Waals surface area contributed by atoms with Gasteiger partial charge in [-0.05, 0) is 25.2 Å². The van der Waals surface area contributed by atoms with Crippen LogP contribution in [0, 0.1) is 11.8 Å². The van der Waals surface area contributed by atoms with Crippen molar-refractivity contribution in [2.45, 2.75) is 51.4 Å². The fourth-order valence-electron chi connectivity index (χ4n) is 3.77. The van der Waals surface area contributed by atoms with Crippen LogP contribution in [-0.4, -0.2) is 55.3 Å². The highest BCUT2D eigenvalue weighted by atomic mass is 16.2. The first-order valence-corrected chi connectivity index (χ1v) is 9.62. The van der Waals surface area contributed by atoms with Crippen LogP contribution in [0.25, 0.3) is 0 Å². The molecule has 0 aromatic rings. The van der Waals surface area contributed by atoms with Gasteiger partial charge in [-0.2, -0.15) is 0 Å². The molecule has 1 aliphatic carbocycles. The predicted octanol–water partition coefficient (Wildman–Crippen LogP) is 0.387. The first-order chi connectivity index (χ1) is 12.1. The molecule has 1 unspecified atom stereocenters. The maximum Gasteiger partial charge on any atom is 0.241 e. The zero-order valence-corrected chi connectivity index (χ0v) is 15.1. The summed E-state index contributed by atoms with van der Waals surface area (Å²) in [6, 6.07) is 0. The second-order valence-corrected chi connectivity index (χ2v) is 7.22. The number of carbonyl (C=O) groups is 3. The summed E-state index contributed by atoms with van der Waals surface area (Å²) in [5.74, 6) is 0.308. The summed E-state index contributed by atoms with van der Waals surface area (Å²) < 4.78 is 0. The lowest BCUT2D eigenvalue weighted by Gasteiger charge is -2.32. The Balaban J connectivity index is 1.66. The molecular formula is C18H32N4O3. The van der Waals surface area contributed by atoms with Crippen molar-refractivity contribution >= 4 is 17.7 Å². The molecular weight excluding hydrogens is 320 g/mol. The Morgan fingerprint density at radius 3 is 2.52 bits per heavy atom. The van der Waals surface area contributed by atoms with Crippen molar-refractivity contribution in [3.05, 3.63) is 0 Å². The summed E-state index contributed by atoms with van der Waals surface area (Å²) in [6.07, 6.45) is 8.03. The van der Waals surface area contributed by atoms with Crippen LogP contribution < -0.4 is 16.4 Å². The molecule has 2 rings (SSSR count). The number of nitrogens with zero attached hydrogens (tertiary/aromatic N) is 1. The van der Waals surface area contributed by atoms with Crippen molar-refractivity contribution in [3.8, 4) is 0 Å². The van der Waals surface area contributed by atoms with Crippen LogP contribution in [0.1, 0.15) is 51.4 Å². The molecule has 2 fully saturated rings. The zero-order chi connectivity index (χ0) is 18.1. The Bertz CT molecular complexity index is 463. The van der Waals surface area contributed by atoms with E-state index >= 15 is 0 Å². The molecule has 7 heteroatoms. The van der Waals surface area contributed by atoms with Gasteiger partial charge >= 0.3 is 0 Å². The number of amides is 3. The lowest BCUT2D eigenvalue weighted by molar-refractivity contribution is -0.136. The monoisotopic (exact) mass is 352 g/mol. The van der Waals surface area contributed by atoms with Crippen LogP contribution in [0.3, 0.4) is 0 Å². The molecule has 1 saturated heterocycles. The Kier molecular flexibility index (Phi) is 8.18. The number of likely N-dealkylation sites (tertiary alicyclic amines) is 1. The fourth-order valence-corrected chi connectivity index (χ4v) is 3.77. The van der Waals surface area contributed by atoms with Gasteiger partial charge in [-0.3, -0.25) is 14.4 Å². The van der Waals surface area contributed by atoms with Gasteiger partial charge in [0.1, 0.15) is 0 Å². The van der Waals surface area contributed by atoms with E-state index in [0.29, 0.717) is 38.5 Å². The predicted molar refractivity (Wildman–Crippen MR) is 95.6 cm³/mol. The van der Waals surface area contributed by atoms with Gasteiger partial charge in [0.15, 0.2) is 0 Å². The van der Waals surface area contributed by atoms with Crippen LogP contribution in [0.2, 0.25) is 0 Å².